The number of sulfonamides is 1. The van der Waals surface area contributed by atoms with Crippen LogP contribution in [0.15, 0.2) is 12.1 Å². The minimum Gasteiger partial charge on any atom is -0.315 e. The molecule has 0 aromatic heterocycles. The Morgan fingerprint density at radius 1 is 1.33 bits per heavy atom. The van der Waals surface area contributed by atoms with Crippen molar-refractivity contribution in [2.75, 3.05) is 17.8 Å². The summed E-state index contributed by atoms with van der Waals surface area (Å²) >= 11 is 0. The lowest BCUT2D eigenvalue weighted by molar-refractivity contribution is 0.583. The lowest BCUT2D eigenvalue weighted by Gasteiger charge is -2.14. The molecule has 1 atom stereocenters. The highest BCUT2D eigenvalue weighted by molar-refractivity contribution is 7.93. The summed E-state index contributed by atoms with van der Waals surface area (Å²) in [6.45, 7) is 2.35. The molecule has 0 bridgehead atoms. The van der Waals surface area contributed by atoms with E-state index < -0.39 is 26.9 Å². The molecule has 1 aliphatic heterocycles. The molecule has 1 aromatic carbocycles. The first-order valence-electron chi connectivity index (χ1n) is 5.58. The first-order chi connectivity index (χ1) is 8.40. The van der Waals surface area contributed by atoms with E-state index >= 15 is 0 Å². The van der Waals surface area contributed by atoms with E-state index in [0.29, 0.717) is 19.5 Å². The van der Waals surface area contributed by atoms with Gasteiger partial charge in [0.25, 0.3) is 0 Å². The van der Waals surface area contributed by atoms with Crippen LogP contribution in [0.2, 0.25) is 0 Å². The molecule has 1 fully saturated rings. The van der Waals surface area contributed by atoms with Gasteiger partial charge in [0.15, 0.2) is 0 Å². The Balaban J connectivity index is 2.26. The molecule has 1 saturated heterocycles. The number of rotatable bonds is 3. The summed E-state index contributed by atoms with van der Waals surface area (Å²) < 4.78 is 52.8. The molecule has 100 valence electrons. The molecule has 1 aromatic rings. The number of halogens is 2. The van der Waals surface area contributed by atoms with Gasteiger partial charge in [0.2, 0.25) is 10.0 Å². The van der Waals surface area contributed by atoms with E-state index in [1.807, 2.05) is 0 Å². The summed E-state index contributed by atoms with van der Waals surface area (Å²) in [6.07, 6.45) is 0.464. The topological polar surface area (TPSA) is 58.2 Å². The van der Waals surface area contributed by atoms with Crippen molar-refractivity contribution < 1.29 is 17.2 Å². The highest BCUT2D eigenvalue weighted by Crippen LogP contribution is 2.22. The van der Waals surface area contributed by atoms with Crippen molar-refractivity contribution >= 4 is 15.7 Å². The van der Waals surface area contributed by atoms with Crippen molar-refractivity contribution in [3.63, 3.8) is 0 Å². The van der Waals surface area contributed by atoms with Crippen molar-refractivity contribution in [1.82, 2.24) is 5.32 Å². The Hall–Kier alpha value is -1.21. The van der Waals surface area contributed by atoms with Crippen molar-refractivity contribution in [1.29, 1.82) is 0 Å². The van der Waals surface area contributed by atoms with Crippen LogP contribution in [0.25, 0.3) is 0 Å². The average Bonchev–Trinajstić information content (AvgIpc) is 2.79. The summed E-state index contributed by atoms with van der Waals surface area (Å²) in [5.74, 6) is -1.41. The molecule has 0 radical (unpaired) electrons. The molecular formula is C11H14F2N2O2S. The van der Waals surface area contributed by atoms with Crippen molar-refractivity contribution in [2.24, 2.45) is 0 Å². The van der Waals surface area contributed by atoms with Gasteiger partial charge in [0, 0.05) is 12.6 Å². The van der Waals surface area contributed by atoms with Gasteiger partial charge in [0.1, 0.15) is 11.6 Å². The van der Waals surface area contributed by atoms with Crippen LogP contribution in [0.4, 0.5) is 14.5 Å². The molecule has 18 heavy (non-hydrogen) atoms. The minimum absolute atomic E-state index is 0.137. The van der Waals surface area contributed by atoms with Crippen LogP contribution < -0.4 is 10.0 Å². The Bertz CT molecular complexity index is 554. The van der Waals surface area contributed by atoms with Gasteiger partial charge in [-0.3, -0.25) is 4.72 Å². The highest BCUT2D eigenvalue weighted by Gasteiger charge is 2.29. The van der Waals surface area contributed by atoms with E-state index in [-0.39, 0.29) is 11.3 Å². The van der Waals surface area contributed by atoms with Gasteiger partial charge in [-0.1, -0.05) is 0 Å². The van der Waals surface area contributed by atoms with Gasteiger partial charge >= 0.3 is 0 Å². The molecule has 1 aliphatic rings. The van der Waals surface area contributed by atoms with E-state index in [1.54, 1.807) is 0 Å². The zero-order valence-electron chi connectivity index (χ0n) is 9.83. The quantitative estimate of drug-likeness (QED) is 0.877. The largest absolute Gasteiger partial charge is 0.315 e. The molecule has 7 heteroatoms. The van der Waals surface area contributed by atoms with Gasteiger partial charge in [-0.2, -0.15) is 0 Å². The van der Waals surface area contributed by atoms with Crippen LogP contribution in [0.5, 0.6) is 0 Å². The second-order valence-corrected chi connectivity index (χ2v) is 6.30. The van der Waals surface area contributed by atoms with Crippen LogP contribution in [0, 0.1) is 18.6 Å². The van der Waals surface area contributed by atoms with E-state index in [0.717, 1.165) is 12.1 Å². The van der Waals surface area contributed by atoms with Gasteiger partial charge in [0.05, 0.1) is 10.9 Å². The molecule has 0 saturated carbocycles. The molecule has 2 rings (SSSR count). The van der Waals surface area contributed by atoms with Crippen LogP contribution in [0.3, 0.4) is 0 Å². The lowest BCUT2D eigenvalue weighted by atomic mass is 10.2. The second kappa shape index (κ2) is 4.81. The molecular weight excluding hydrogens is 262 g/mol. The van der Waals surface area contributed by atoms with Gasteiger partial charge in [-0.05, 0) is 31.5 Å². The third-order valence-electron chi connectivity index (χ3n) is 2.95. The lowest BCUT2D eigenvalue weighted by Crippen LogP contribution is -2.30. The first-order valence-corrected chi connectivity index (χ1v) is 7.13. The molecule has 0 aliphatic carbocycles. The van der Waals surface area contributed by atoms with E-state index in [9.17, 15) is 17.2 Å². The zero-order chi connectivity index (χ0) is 13.3. The average molecular weight is 276 g/mol. The summed E-state index contributed by atoms with van der Waals surface area (Å²) in [6, 6.07) is 1.84. The molecule has 0 spiro atoms. The Kier molecular flexibility index (Phi) is 3.54. The van der Waals surface area contributed by atoms with E-state index in [1.165, 1.54) is 6.92 Å². The standard InChI is InChI=1S/C11H14F2N2O2S/c1-7-4-10(13)11(5-9(7)12)15-18(16,17)8-2-3-14-6-8/h4-5,8,14-15H,2-3,6H2,1H3. The predicted molar refractivity (Wildman–Crippen MR) is 64.9 cm³/mol. The monoisotopic (exact) mass is 276 g/mol. The zero-order valence-corrected chi connectivity index (χ0v) is 10.7. The molecule has 0 amide bonds. The first kappa shape index (κ1) is 13.2. The fraction of sp³-hybridized carbons (Fsp3) is 0.455. The summed E-state index contributed by atoms with van der Waals surface area (Å²) in [4.78, 5) is 0. The fourth-order valence-electron chi connectivity index (χ4n) is 1.85. The minimum atomic E-state index is -3.68. The number of aryl methyl sites for hydroxylation is 1. The van der Waals surface area contributed by atoms with Crippen molar-refractivity contribution in [2.45, 2.75) is 18.6 Å². The predicted octanol–water partition coefficient (Wildman–Crippen LogP) is 1.38. The summed E-state index contributed by atoms with van der Waals surface area (Å²) in [5.41, 5.74) is -0.206. The molecule has 1 heterocycles. The maximum Gasteiger partial charge on any atom is 0.237 e. The molecule has 1 unspecified atom stereocenters. The SMILES string of the molecule is Cc1cc(F)c(NS(=O)(=O)C2CCNC2)cc1F. The Morgan fingerprint density at radius 3 is 2.67 bits per heavy atom. The molecule has 2 N–H and O–H groups in total. The smallest absolute Gasteiger partial charge is 0.237 e. The van der Waals surface area contributed by atoms with Crippen molar-refractivity contribution in [3.05, 3.63) is 29.3 Å². The number of hydrogen-bond donors (Lipinski definition) is 2. The van der Waals surface area contributed by atoms with Gasteiger partial charge in [-0.15, -0.1) is 0 Å². The molecule has 4 nitrogen and oxygen atoms in total. The van der Waals surface area contributed by atoms with E-state index in [2.05, 4.69) is 10.0 Å². The number of nitrogens with one attached hydrogen (secondary N) is 2. The number of anilines is 1. The van der Waals surface area contributed by atoms with Crippen LogP contribution in [-0.4, -0.2) is 26.8 Å². The Morgan fingerprint density at radius 2 is 2.06 bits per heavy atom. The third-order valence-corrected chi connectivity index (χ3v) is 4.74. The number of hydrogen-bond acceptors (Lipinski definition) is 3. The maximum absolute atomic E-state index is 13.5. The normalized spacial score (nSPS) is 20.1. The van der Waals surface area contributed by atoms with E-state index in [4.69, 9.17) is 0 Å². The Labute approximate surface area is 104 Å². The fourth-order valence-corrected chi connectivity index (χ4v) is 3.25. The van der Waals surface area contributed by atoms with Crippen LogP contribution >= 0.6 is 0 Å². The maximum atomic E-state index is 13.5. The van der Waals surface area contributed by atoms with Crippen molar-refractivity contribution in [3.8, 4) is 0 Å². The summed E-state index contributed by atoms with van der Waals surface area (Å²) in [7, 11) is -3.68. The highest BCUT2D eigenvalue weighted by atomic mass is 32.2. The van der Waals surface area contributed by atoms with Crippen LogP contribution in [-0.2, 0) is 10.0 Å². The third kappa shape index (κ3) is 2.62. The van der Waals surface area contributed by atoms with Gasteiger partial charge < -0.3 is 5.32 Å². The number of benzene rings is 1. The van der Waals surface area contributed by atoms with Gasteiger partial charge in [-0.25, -0.2) is 17.2 Å². The second-order valence-electron chi connectivity index (χ2n) is 4.34. The van der Waals surface area contributed by atoms with Crippen LogP contribution in [0.1, 0.15) is 12.0 Å². The summed E-state index contributed by atoms with van der Waals surface area (Å²) in [5, 5.41) is 2.30.